The molecular weight excluding hydrogens is 399 g/mol. The number of hydrogen-bond donors (Lipinski definition) is 0. The van der Waals surface area contributed by atoms with Gasteiger partial charge in [-0.05, 0) is 13.0 Å². The number of likely N-dealkylation sites (N-methyl/N-ethyl adjacent to an activating group) is 2. The number of aryl methyl sites for hydroxylation is 1. The number of halogens is 1. The average molecular weight is 420 g/mol. The zero-order valence-corrected chi connectivity index (χ0v) is 17.4. The summed E-state index contributed by atoms with van der Waals surface area (Å²) in [7, 11) is 3.11. The smallest absolute Gasteiger partial charge is 0.320 e. The lowest BCUT2D eigenvalue weighted by Gasteiger charge is -2.40. The number of anilines is 1. The third-order valence-corrected chi connectivity index (χ3v) is 5.99. The van der Waals surface area contributed by atoms with Gasteiger partial charge in [0.15, 0.2) is 11.9 Å². The lowest BCUT2D eigenvalue weighted by atomic mass is 10.1. The van der Waals surface area contributed by atoms with Crippen LogP contribution in [0.15, 0.2) is 48.5 Å². The molecule has 2 aliphatic heterocycles. The van der Waals surface area contributed by atoms with Crippen LogP contribution < -0.4 is 4.90 Å². The standard InChI is InChI=1S/C22H21FN6O2/c1-13-8-10-14(11-9-13)18-24-25-21-28(12-15-6-4-5-7-16(15)23)17-19(29(18)21)26(2)22(31)27(3)20(17)30/h4-11,17,19H,12H2,1-3H3. The molecule has 0 spiro atoms. The Morgan fingerprint density at radius 3 is 2.42 bits per heavy atom. The number of nitrogens with zero attached hydrogens (tertiary/aromatic N) is 6. The van der Waals surface area contributed by atoms with Crippen LogP contribution in [-0.2, 0) is 11.3 Å². The highest BCUT2D eigenvalue weighted by atomic mass is 19.1. The molecule has 158 valence electrons. The van der Waals surface area contributed by atoms with Gasteiger partial charge >= 0.3 is 6.03 Å². The number of carbonyl (C=O) groups excluding carboxylic acids is 2. The van der Waals surface area contributed by atoms with Gasteiger partial charge < -0.3 is 9.80 Å². The summed E-state index contributed by atoms with van der Waals surface area (Å²) >= 11 is 0. The number of urea groups is 1. The van der Waals surface area contributed by atoms with Crippen LogP contribution in [0.5, 0.6) is 0 Å². The van der Waals surface area contributed by atoms with Gasteiger partial charge in [0, 0.05) is 31.8 Å². The first-order valence-corrected chi connectivity index (χ1v) is 9.95. The molecule has 1 saturated heterocycles. The van der Waals surface area contributed by atoms with Crippen LogP contribution >= 0.6 is 0 Å². The fourth-order valence-electron chi connectivity index (χ4n) is 4.32. The van der Waals surface area contributed by atoms with Gasteiger partial charge in [0.2, 0.25) is 5.95 Å². The SMILES string of the molecule is Cc1ccc(-c2nnc3n2C2C(C(=O)N(C)C(=O)N2C)N3Cc2ccccc2F)cc1. The maximum atomic E-state index is 14.4. The predicted octanol–water partition coefficient (Wildman–Crippen LogP) is 2.80. The highest BCUT2D eigenvalue weighted by Gasteiger charge is 2.54. The number of fused-ring (bicyclic) bond motifs is 3. The minimum atomic E-state index is -0.734. The molecule has 1 fully saturated rings. The van der Waals surface area contributed by atoms with Crippen molar-refractivity contribution in [2.24, 2.45) is 0 Å². The molecule has 2 aromatic carbocycles. The van der Waals surface area contributed by atoms with Gasteiger partial charge in [-0.15, -0.1) is 10.2 Å². The van der Waals surface area contributed by atoms with E-state index in [1.54, 1.807) is 34.7 Å². The molecular formula is C22H21FN6O2. The number of carbonyl (C=O) groups is 2. The Morgan fingerprint density at radius 1 is 1.00 bits per heavy atom. The molecule has 2 aliphatic rings. The van der Waals surface area contributed by atoms with E-state index in [-0.39, 0.29) is 18.3 Å². The molecule has 9 heteroatoms. The first-order valence-electron chi connectivity index (χ1n) is 9.95. The second kappa shape index (κ2) is 6.90. The zero-order chi connectivity index (χ0) is 21.9. The van der Waals surface area contributed by atoms with Gasteiger partial charge in [-0.1, -0.05) is 48.0 Å². The van der Waals surface area contributed by atoms with Crippen molar-refractivity contribution < 1.29 is 14.0 Å². The van der Waals surface area contributed by atoms with Gasteiger partial charge in [-0.25, -0.2) is 9.18 Å². The minimum Gasteiger partial charge on any atom is -0.320 e. The van der Waals surface area contributed by atoms with Gasteiger partial charge in [0.25, 0.3) is 5.91 Å². The van der Waals surface area contributed by atoms with Crippen molar-refractivity contribution >= 4 is 17.9 Å². The van der Waals surface area contributed by atoms with Gasteiger partial charge in [0.05, 0.1) is 0 Å². The molecule has 2 atom stereocenters. The molecule has 5 rings (SSSR count). The maximum absolute atomic E-state index is 14.4. The molecule has 3 amide bonds. The van der Waals surface area contributed by atoms with Crippen molar-refractivity contribution in [1.29, 1.82) is 0 Å². The summed E-state index contributed by atoms with van der Waals surface area (Å²) in [6.07, 6.45) is -0.635. The van der Waals surface area contributed by atoms with E-state index in [1.807, 2.05) is 31.2 Å². The molecule has 3 heterocycles. The van der Waals surface area contributed by atoms with E-state index in [0.29, 0.717) is 17.3 Å². The predicted molar refractivity (Wildman–Crippen MR) is 112 cm³/mol. The van der Waals surface area contributed by atoms with Crippen LogP contribution in [0.2, 0.25) is 0 Å². The normalized spacial score (nSPS) is 20.3. The van der Waals surface area contributed by atoms with E-state index in [1.165, 1.54) is 18.0 Å². The molecule has 3 aromatic rings. The summed E-state index contributed by atoms with van der Waals surface area (Å²) in [6.45, 7) is 2.12. The van der Waals surface area contributed by atoms with Crippen LogP contribution in [0, 0.1) is 12.7 Å². The number of imide groups is 1. The summed E-state index contributed by atoms with van der Waals surface area (Å²) in [5.41, 5.74) is 2.36. The van der Waals surface area contributed by atoms with E-state index in [0.717, 1.165) is 16.0 Å². The van der Waals surface area contributed by atoms with Crippen molar-refractivity contribution in [1.82, 2.24) is 24.6 Å². The summed E-state index contributed by atoms with van der Waals surface area (Å²) in [5.74, 6) is 0.261. The fourth-order valence-corrected chi connectivity index (χ4v) is 4.32. The molecule has 0 saturated carbocycles. The maximum Gasteiger partial charge on any atom is 0.327 e. The van der Waals surface area contributed by atoms with Crippen molar-refractivity contribution in [2.75, 3.05) is 19.0 Å². The Kier molecular flexibility index (Phi) is 4.28. The number of hydrogen-bond acceptors (Lipinski definition) is 5. The summed E-state index contributed by atoms with van der Waals surface area (Å²) < 4.78 is 16.2. The molecule has 0 bridgehead atoms. The van der Waals surface area contributed by atoms with Gasteiger partial charge in [0.1, 0.15) is 12.0 Å². The molecule has 8 nitrogen and oxygen atoms in total. The highest BCUT2D eigenvalue weighted by Crippen LogP contribution is 2.42. The first-order chi connectivity index (χ1) is 14.9. The van der Waals surface area contributed by atoms with Crippen molar-refractivity contribution in [3.63, 3.8) is 0 Å². The van der Waals surface area contributed by atoms with E-state index in [9.17, 15) is 14.0 Å². The van der Waals surface area contributed by atoms with Gasteiger partial charge in [-0.2, -0.15) is 0 Å². The van der Waals surface area contributed by atoms with Crippen LogP contribution in [0.25, 0.3) is 11.4 Å². The third kappa shape index (κ3) is 2.80. The van der Waals surface area contributed by atoms with Crippen LogP contribution in [0.3, 0.4) is 0 Å². The number of aromatic nitrogens is 3. The molecule has 0 N–H and O–H groups in total. The lowest BCUT2D eigenvalue weighted by Crippen LogP contribution is -2.61. The lowest BCUT2D eigenvalue weighted by molar-refractivity contribution is -0.133. The molecule has 1 aromatic heterocycles. The second-order valence-corrected chi connectivity index (χ2v) is 7.93. The van der Waals surface area contributed by atoms with Crippen molar-refractivity contribution in [2.45, 2.75) is 25.7 Å². The van der Waals surface area contributed by atoms with Crippen molar-refractivity contribution in [3.8, 4) is 11.4 Å². The number of amides is 3. The van der Waals surface area contributed by atoms with Crippen molar-refractivity contribution in [3.05, 3.63) is 65.5 Å². The van der Waals surface area contributed by atoms with E-state index in [2.05, 4.69) is 10.2 Å². The minimum absolute atomic E-state index is 0.126. The highest BCUT2D eigenvalue weighted by molar-refractivity contribution is 6.02. The monoisotopic (exact) mass is 420 g/mol. The fraction of sp³-hybridized carbons (Fsp3) is 0.273. The Morgan fingerprint density at radius 2 is 1.71 bits per heavy atom. The van der Waals surface area contributed by atoms with Gasteiger partial charge in [-0.3, -0.25) is 14.3 Å². The Hall–Kier alpha value is -3.75. The van der Waals surface area contributed by atoms with E-state index in [4.69, 9.17) is 0 Å². The second-order valence-electron chi connectivity index (χ2n) is 7.93. The van der Waals surface area contributed by atoms with Crippen LogP contribution in [-0.4, -0.2) is 56.6 Å². The Labute approximate surface area is 178 Å². The molecule has 31 heavy (non-hydrogen) atoms. The largest absolute Gasteiger partial charge is 0.327 e. The Bertz CT molecular complexity index is 1190. The summed E-state index contributed by atoms with van der Waals surface area (Å²) in [4.78, 5) is 30.3. The first kappa shape index (κ1) is 19.2. The van der Waals surface area contributed by atoms with Crippen LogP contribution in [0.4, 0.5) is 15.1 Å². The number of benzene rings is 2. The zero-order valence-electron chi connectivity index (χ0n) is 17.4. The summed E-state index contributed by atoms with van der Waals surface area (Å²) in [5, 5.41) is 8.71. The van der Waals surface area contributed by atoms with E-state index < -0.39 is 18.2 Å². The molecule has 2 unspecified atom stereocenters. The summed E-state index contributed by atoms with van der Waals surface area (Å²) in [6, 6.07) is 13.1. The quantitative estimate of drug-likeness (QED) is 0.652. The molecule has 0 aliphatic carbocycles. The molecule has 0 radical (unpaired) electrons. The topological polar surface area (TPSA) is 74.6 Å². The number of rotatable bonds is 3. The van der Waals surface area contributed by atoms with E-state index >= 15 is 0 Å². The Balaban J connectivity index is 1.67. The van der Waals surface area contributed by atoms with Crippen LogP contribution in [0.1, 0.15) is 17.3 Å². The average Bonchev–Trinajstić information content (AvgIpc) is 3.32. The third-order valence-electron chi connectivity index (χ3n) is 5.99.